The number of aliphatic hydroxyl groups is 1. The van der Waals surface area contributed by atoms with Gasteiger partial charge in [-0.25, -0.2) is 0 Å². The van der Waals surface area contributed by atoms with E-state index in [1.165, 1.54) is 5.56 Å². The quantitative estimate of drug-likeness (QED) is 0.771. The van der Waals surface area contributed by atoms with Crippen LogP contribution in [0.15, 0.2) is 53.1 Å². The Bertz CT molecular complexity index is 759. The van der Waals surface area contributed by atoms with Crippen LogP contribution in [0.4, 0.5) is 0 Å². The molecule has 0 aliphatic carbocycles. The molecule has 0 fully saturated rings. The second-order valence-corrected chi connectivity index (χ2v) is 6.07. The summed E-state index contributed by atoms with van der Waals surface area (Å²) in [6.07, 6.45) is 1.06. The molecule has 1 N–H and O–H groups in total. The van der Waals surface area contributed by atoms with Crippen molar-refractivity contribution in [3.05, 3.63) is 59.7 Å². The van der Waals surface area contributed by atoms with Gasteiger partial charge in [-0.15, -0.1) is 0 Å². The van der Waals surface area contributed by atoms with Crippen LogP contribution in [0.2, 0.25) is 0 Å². The fourth-order valence-electron chi connectivity index (χ4n) is 2.47. The van der Waals surface area contributed by atoms with Crippen molar-refractivity contribution in [2.75, 3.05) is 0 Å². The summed E-state index contributed by atoms with van der Waals surface area (Å²) in [7, 11) is 0. The van der Waals surface area contributed by atoms with Gasteiger partial charge in [0.2, 0.25) is 5.82 Å². The van der Waals surface area contributed by atoms with Crippen LogP contribution in [0.5, 0.6) is 0 Å². The van der Waals surface area contributed by atoms with Gasteiger partial charge in [0, 0.05) is 11.1 Å². The van der Waals surface area contributed by atoms with E-state index in [2.05, 4.69) is 36.1 Å². The Morgan fingerprint density at radius 2 is 1.52 bits per heavy atom. The molecule has 3 aromatic rings. The van der Waals surface area contributed by atoms with E-state index < -0.39 is 0 Å². The van der Waals surface area contributed by atoms with Crippen molar-refractivity contribution in [1.82, 2.24) is 10.1 Å². The molecule has 0 saturated heterocycles. The Morgan fingerprint density at radius 1 is 0.913 bits per heavy atom. The predicted molar refractivity (Wildman–Crippen MR) is 89.6 cm³/mol. The van der Waals surface area contributed by atoms with Gasteiger partial charge in [-0.2, -0.15) is 4.98 Å². The van der Waals surface area contributed by atoms with E-state index in [0.29, 0.717) is 17.6 Å². The van der Waals surface area contributed by atoms with Crippen LogP contribution in [0, 0.1) is 5.92 Å². The van der Waals surface area contributed by atoms with Crippen molar-refractivity contribution >= 4 is 0 Å². The van der Waals surface area contributed by atoms with Gasteiger partial charge in [0.1, 0.15) is 0 Å². The topological polar surface area (TPSA) is 59.2 Å². The molecular weight excluding hydrogens is 288 g/mol. The summed E-state index contributed by atoms with van der Waals surface area (Å²) in [5, 5.41) is 13.1. The molecule has 4 nitrogen and oxygen atoms in total. The summed E-state index contributed by atoms with van der Waals surface area (Å²) in [6.45, 7) is 4.45. The van der Waals surface area contributed by atoms with Gasteiger partial charge in [-0.05, 0) is 35.6 Å². The summed E-state index contributed by atoms with van der Waals surface area (Å²) >= 11 is 0. The van der Waals surface area contributed by atoms with Gasteiger partial charge < -0.3 is 9.63 Å². The number of aromatic nitrogens is 2. The highest BCUT2D eigenvalue weighted by Gasteiger charge is 2.10. The lowest BCUT2D eigenvalue weighted by molar-refractivity contribution is 0.282. The molecule has 0 aliphatic rings. The normalized spacial score (nSPS) is 11.1. The maximum atomic E-state index is 9.08. The van der Waals surface area contributed by atoms with Gasteiger partial charge >= 0.3 is 0 Å². The number of hydrogen-bond donors (Lipinski definition) is 1. The van der Waals surface area contributed by atoms with E-state index in [-0.39, 0.29) is 6.61 Å². The monoisotopic (exact) mass is 308 g/mol. The minimum absolute atomic E-state index is 0.0259. The molecule has 23 heavy (non-hydrogen) atoms. The molecule has 0 radical (unpaired) electrons. The minimum atomic E-state index is 0.0259. The molecule has 1 aromatic heterocycles. The maximum absolute atomic E-state index is 9.08. The zero-order valence-corrected chi connectivity index (χ0v) is 13.4. The van der Waals surface area contributed by atoms with Gasteiger partial charge in [-0.1, -0.05) is 55.4 Å². The van der Waals surface area contributed by atoms with Crippen molar-refractivity contribution in [3.63, 3.8) is 0 Å². The van der Waals surface area contributed by atoms with E-state index in [0.717, 1.165) is 23.1 Å². The maximum Gasteiger partial charge on any atom is 0.258 e. The third kappa shape index (κ3) is 3.66. The fourth-order valence-corrected chi connectivity index (χ4v) is 2.47. The Kier molecular flexibility index (Phi) is 4.53. The van der Waals surface area contributed by atoms with Crippen molar-refractivity contribution in [2.45, 2.75) is 26.9 Å². The van der Waals surface area contributed by atoms with E-state index >= 15 is 0 Å². The minimum Gasteiger partial charge on any atom is -0.392 e. The molecule has 0 aliphatic heterocycles. The highest BCUT2D eigenvalue weighted by Crippen LogP contribution is 2.23. The molecule has 0 bridgehead atoms. The fraction of sp³-hybridized carbons (Fsp3) is 0.263. The molecule has 118 valence electrons. The number of nitrogens with zero attached hydrogens (tertiary/aromatic N) is 2. The highest BCUT2D eigenvalue weighted by atomic mass is 16.5. The molecule has 0 amide bonds. The molecule has 2 aromatic carbocycles. The molecule has 1 heterocycles. The van der Waals surface area contributed by atoms with E-state index in [9.17, 15) is 0 Å². The van der Waals surface area contributed by atoms with Crippen LogP contribution in [-0.4, -0.2) is 15.2 Å². The number of aliphatic hydroxyl groups excluding tert-OH is 1. The van der Waals surface area contributed by atoms with Crippen molar-refractivity contribution < 1.29 is 9.63 Å². The van der Waals surface area contributed by atoms with Crippen molar-refractivity contribution in [3.8, 4) is 22.8 Å². The van der Waals surface area contributed by atoms with Gasteiger partial charge in [0.05, 0.1) is 6.61 Å². The first-order valence-electron chi connectivity index (χ1n) is 7.79. The third-order valence-electron chi connectivity index (χ3n) is 3.67. The molecule has 0 unspecified atom stereocenters. The second-order valence-electron chi connectivity index (χ2n) is 6.07. The molecule has 0 atom stereocenters. The first-order valence-corrected chi connectivity index (χ1v) is 7.79. The van der Waals surface area contributed by atoms with Gasteiger partial charge in [0.15, 0.2) is 0 Å². The SMILES string of the molecule is CC(C)Cc1ccc(-c2noc(-c3ccc(CO)cc3)n2)cc1. The molecule has 0 saturated carbocycles. The molecular formula is C19H20N2O2. The lowest BCUT2D eigenvalue weighted by Gasteiger charge is -2.04. The summed E-state index contributed by atoms with van der Waals surface area (Å²) < 4.78 is 5.35. The smallest absolute Gasteiger partial charge is 0.258 e. The lowest BCUT2D eigenvalue weighted by atomic mass is 10.0. The first-order chi connectivity index (χ1) is 11.2. The standard InChI is InChI=1S/C19H20N2O2/c1-13(2)11-14-3-7-16(8-4-14)18-20-19(23-21-18)17-9-5-15(12-22)6-10-17/h3-10,13,22H,11-12H2,1-2H3. The number of rotatable bonds is 5. The Labute approximate surface area is 135 Å². The zero-order valence-electron chi connectivity index (χ0n) is 13.4. The zero-order chi connectivity index (χ0) is 16.2. The third-order valence-corrected chi connectivity index (χ3v) is 3.67. The molecule has 0 spiro atoms. The van der Waals surface area contributed by atoms with Crippen LogP contribution in [0.25, 0.3) is 22.8 Å². The van der Waals surface area contributed by atoms with Crippen LogP contribution in [0.3, 0.4) is 0 Å². The molecule has 4 heteroatoms. The summed E-state index contributed by atoms with van der Waals surface area (Å²) in [6, 6.07) is 15.7. The Hall–Kier alpha value is -2.46. The second kappa shape index (κ2) is 6.75. The summed E-state index contributed by atoms with van der Waals surface area (Å²) in [4.78, 5) is 4.46. The van der Waals surface area contributed by atoms with Gasteiger partial charge in [0.25, 0.3) is 5.89 Å². The van der Waals surface area contributed by atoms with Crippen LogP contribution in [0.1, 0.15) is 25.0 Å². The number of hydrogen-bond acceptors (Lipinski definition) is 4. The Morgan fingerprint density at radius 3 is 2.13 bits per heavy atom. The number of benzene rings is 2. The summed E-state index contributed by atoms with van der Waals surface area (Å²) in [5.41, 5.74) is 3.96. The van der Waals surface area contributed by atoms with Gasteiger partial charge in [-0.3, -0.25) is 0 Å². The van der Waals surface area contributed by atoms with Crippen molar-refractivity contribution in [1.29, 1.82) is 0 Å². The largest absolute Gasteiger partial charge is 0.392 e. The highest BCUT2D eigenvalue weighted by molar-refractivity contribution is 5.60. The van der Waals surface area contributed by atoms with Crippen molar-refractivity contribution in [2.24, 2.45) is 5.92 Å². The van der Waals surface area contributed by atoms with E-state index in [1.807, 2.05) is 36.4 Å². The van der Waals surface area contributed by atoms with E-state index in [4.69, 9.17) is 9.63 Å². The Balaban J connectivity index is 1.80. The first kappa shape index (κ1) is 15.4. The van der Waals surface area contributed by atoms with Crippen LogP contribution in [-0.2, 0) is 13.0 Å². The average molecular weight is 308 g/mol. The van der Waals surface area contributed by atoms with E-state index in [1.54, 1.807) is 0 Å². The molecule has 3 rings (SSSR count). The lowest BCUT2D eigenvalue weighted by Crippen LogP contribution is -1.93. The summed E-state index contributed by atoms with van der Waals surface area (Å²) in [5.74, 6) is 1.71. The predicted octanol–water partition coefficient (Wildman–Crippen LogP) is 4.09. The average Bonchev–Trinajstić information content (AvgIpc) is 3.05. The van der Waals surface area contributed by atoms with Crippen LogP contribution >= 0.6 is 0 Å². The van der Waals surface area contributed by atoms with Crippen LogP contribution < -0.4 is 0 Å².